The fourth-order valence-corrected chi connectivity index (χ4v) is 0.830. The quantitative estimate of drug-likeness (QED) is 0.487. The van der Waals surface area contributed by atoms with Crippen molar-refractivity contribution in [2.75, 3.05) is 0 Å². The van der Waals surface area contributed by atoms with Crippen LogP contribution in [0.3, 0.4) is 0 Å². The molecule has 0 radical (unpaired) electrons. The molecule has 0 heterocycles. The van der Waals surface area contributed by atoms with Crippen LogP contribution in [-0.4, -0.2) is 0 Å². The molecule has 98 valence electrons. The summed E-state index contributed by atoms with van der Waals surface area (Å²) in [5.74, 6) is -9.87. The van der Waals surface area contributed by atoms with Gasteiger partial charge in [-0.1, -0.05) is 26.7 Å². The Morgan fingerprint density at radius 2 is 1.00 bits per heavy atom. The lowest BCUT2D eigenvalue weighted by molar-refractivity contribution is 0.370. The average Bonchev–Trinajstić information content (AvgIpc) is 2.35. The lowest BCUT2D eigenvalue weighted by atomic mass is 10.1. The summed E-state index contributed by atoms with van der Waals surface area (Å²) in [7, 11) is 0. The SMILES string of the molecule is CCCC.NCc1c(F)c(F)c(F)c(F)c1F. The number of hydrogen-bond donors (Lipinski definition) is 1. The Hall–Kier alpha value is -1.17. The molecule has 1 nitrogen and oxygen atoms in total. The van der Waals surface area contributed by atoms with Gasteiger partial charge in [0.1, 0.15) is 0 Å². The normalized spacial score (nSPS) is 9.88. The van der Waals surface area contributed by atoms with Gasteiger partial charge in [-0.25, -0.2) is 22.0 Å². The maximum absolute atomic E-state index is 12.6. The zero-order chi connectivity index (χ0) is 13.6. The highest BCUT2D eigenvalue weighted by Gasteiger charge is 2.24. The first kappa shape index (κ1) is 15.8. The molecule has 0 amide bonds. The van der Waals surface area contributed by atoms with Crippen molar-refractivity contribution in [1.29, 1.82) is 0 Å². The van der Waals surface area contributed by atoms with Gasteiger partial charge >= 0.3 is 0 Å². The molecule has 0 atom stereocenters. The number of nitrogens with two attached hydrogens (primary N) is 1. The zero-order valence-corrected chi connectivity index (χ0v) is 9.59. The summed E-state index contributed by atoms with van der Waals surface area (Å²) in [6.07, 6.45) is 2.64. The predicted octanol–water partition coefficient (Wildman–Crippen LogP) is 3.65. The summed E-state index contributed by atoms with van der Waals surface area (Å²) in [4.78, 5) is 0. The van der Waals surface area contributed by atoms with Crippen LogP contribution >= 0.6 is 0 Å². The maximum Gasteiger partial charge on any atom is 0.200 e. The molecule has 0 aliphatic rings. The van der Waals surface area contributed by atoms with Crippen molar-refractivity contribution in [3.63, 3.8) is 0 Å². The van der Waals surface area contributed by atoms with Crippen LogP contribution in [0.15, 0.2) is 0 Å². The Labute approximate surface area is 96.4 Å². The molecule has 17 heavy (non-hydrogen) atoms. The number of unbranched alkanes of at least 4 members (excludes halogenated alkanes) is 1. The number of rotatable bonds is 2. The van der Waals surface area contributed by atoms with E-state index in [-0.39, 0.29) is 0 Å². The Morgan fingerprint density at radius 1 is 0.706 bits per heavy atom. The van der Waals surface area contributed by atoms with Crippen molar-refractivity contribution in [2.45, 2.75) is 33.2 Å². The van der Waals surface area contributed by atoms with Gasteiger partial charge < -0.3 is 5.73 Å². The van der Waals surface area contributed by atoms with E-state index in [4.69, 9.17) is 5.73 Å². The highest BCUT2D eigenvalue weighted by Crippen LogP contribution is 2.22. The van der Waals surface area contributed by atoms with Gasteiger partial charge in [-0.15, -0.1) is 0 Å². The third-order valence-corrected chi connectivity index (χ3v) is 2.00. The van der Waals surface area contributed by atoms with Crippen LogP contribution in [0.25, 0.3) is 0 Å². The molecule has 0 saturated heterocycles. The monoisotopic (exact) mass is 255 g/mol. The van der Waals surface area contributed by atoms with E-state index in [1.165, 1.54) is 12.8 Å². The largest absolute Gasteiger partial charge is 0.326 e. The molecule has 0 aliphatic heterocycles. The van der Waals surface area contributed by atoms with E-state index >= 15 is 0 Å². The van der Waals surface area contributed by atoms with E-state index in [0.29, 0.717) is 0 Å². The molecule has 0 aliphatic carbocycles. The van der Waals surface area contributed by atoms with Gasteiger partial charge in [0, 0.05) is 12.1 Å². The topological polar surface area (TPSA) is 26.0 Å². The molecule has 1 rings (SSSR count). The minimum atomic E-state index is -2.17. The molecule has 1 aromatic carbocycles. The Morgan fingerprint density at radius 3 is 1.24 bits per heavy atom. The van der Waals surface area contributed by atoms with E-state index in [9.17, 15) is 22.0 Å². The second-order valence-corrected chi connectivity index (χ2v) is 3.25. The average molecular weight is 255 g/mol. The Balaban J connectivity index is 0.000000557. The molecular formula is C11H14F5N. The van der Waals surface area contributed by atoms with Crippen LogP contribution in [-0.2, 0) is 6.54 Å². The third kappa shape index (κ3) is 3.66. The summed E-state index contributed by atoms with van der Waals surface area (Å²) < 4.78 is 62.3. The van der Waals surface area contributed by atoms with E-state index < -0.39 is 41.2 Å². The van der Waals surface area contributed by atoms with E-state index in [1.54, 1.807) is 0 Å². The van der Waals surface area contributed by atoms with Crippen LogP contribution in [0.4, 0.5) is 22.0 Å². The zero-order valence-electron chi connectivity index (χ0n) is 9.59. The van der Waals surface area contributed by atoms with Crippen molar-refractivity contribution in [1.82, 2.24) is 0 Å². The Kier molecular flexibility index (Phi) is 6.72. The Bertz CT molecular complexity index is 348. The molecular weight excluding hydrogens is 241 g/mol. The van der Waals surface area contributed by atoms with Crippen LogP contribution in [0.5, 0.6) is 0 Å². The first-order chi connectivity index (χ1) is 7.92. The maximum atomic E-state index is 12.6. The summed E-state index contributed by atoms with van der Waals surface area (Å²) in [5.41, 5.74) is 3.80. The van der Waals surface area contributed by atoms with Gasteiger partial charge in [0.2, 0.25) is 5.82 Å². The lowest BCUT2D eigenvalue weighted by Gasteiger charge is -2.04. The minimum absolute atomic E-state index is 0.744. The molecule has 0 unspecified atom stereocenters. The van der Waals surface area contributed by atoms with Crippen molar-refractivity contribution in [3.8, 4) is 0 Å². The van der Waals surface area contributed by atoms with Crippen molar-refractivity contribution < 1.29 is 22.0 Å². The number of hydrogen-bond acceptors (Lipinski definition) is 1. The third-order valence-electron chi connectivity index (χ3n) is 2.00. The smallest absolute Gasteiger partial charge is 0.200 e. The first-order valence-electron chi connectivity index (χ1n) is 5.12. The van der Waals surface area contributed by atoms with Gasteiger partial charge in [0.15, 0.2) is 23.3 Å². The van der Waals surface area contributed by atoms with Crippen LogP contribution in [0.2, 0.25) is 0 Å². The van der Waals surface area contributed by atoms with Crippen LogP contribution < -0.4 is 5.73 Å². The number of benzene rings is 1. The first-order valence-corrected chi connectivity index (χ1v) is 5.12. The number of halogens is 5. The molecule has 0 bridgehead atoms. The van der Waals surface area contributed by atoms with Gasteiger partial charge in [-0.05, 0) is 0 Å². The minimum Gasteiger partial charge on any atom is -0.326 e. The summed E-state index contributed by atoms with van der Waals surface area (Å²) in [6.45, 7) is 3.62. The summed E-state index contributed by atoms with van der Waals surface area (Å²) in [5, 5.41) is 0. The molecule has 1 aromatic rings. The fourth-order valence-electron chi connectivity index (χ4n) is 0.830. The van der Waals surface area contributed by atoms with Gasteiger partial charge in [-0.3, -0.25) is 0 Å². The van der Waals surface area contributed by atoms with Crippen molar-refractivity contribution >= 4 is 0 Å². The molecule has 6 heteroatoms. The van der Waals surface area contributed by atoms with E-state index in [2.05, 4.69) is 13.8 Å². The lowest BCUT2D eigenvalue weighted by Crippen LogP contribution is -2.10. The van der Waals surface area contributed by atoms with E-state index in [1.807, 2.05) is 0 Å². The summed E-state index contributed by atoms with van der Waals surface area (Å²) >= 11 is 0. The van der Waals surface area contributed by atoms with Crippen molar-refractivity contribution in [2.24, 2.45) is 5.73 Å². The van der Waals surface area contributed by atoms with E-state index in [0.717, 1.165) is 0 Å². The van der Waals surface area contributed by atoms with Crippen LogP contribution in [0.1, 0.15) is 32.3 Å². The highest BCUT2D eigenvalue weighted by atomic mass is 19.2. The van der Waals surface area contributed by atoms with Crippen molar-refractivity contribution in [3.05, 3.63) is 34.6 Å². The molecule has 2 N–H and O–H groups in total. The second kappa shape index (κ2) is 7.21. The highest BCUT2D eigenvalue weighted by molar-refractivity contribution is 5.23. The predicted molar refractivity (Wildman–Crippen MR) is 54.7 cm³/mol. The standard InChI is InChI=1S/C7H4F5N.C4H10/c8-3-2(1-13)4(9)6(11)7(12)5(3)10;1-3-4-2/h1,13H2;3-4H2,1-2H3. The molecule has 0 saturated carbocycles. The van der Waals surface area contributed by atoms with Gasteiger partial charge in [0.25, 0.3) is 0 Å². The van der Waals surface area contributed by atoms with Gasteiger partial charge in [0.05, 0.1) is 0 Å². The second-order valence-electron chi connectivity index (χ2n) is 3.25. The fraction of sp³-hybridized carbons (Fsp3) is 0.455. The molecule has 0 fully saturated rings. The summed E-state index contributed by atoms with van der Waals surface area (Å²) in [6, 6.07) is 0. The molecule has 0 aromatic heterocycles. The molecule has 0 spiro atoms. The van der Waals surface area contributed by atoms with Crippen LogP contribution in [0, 0.1) is 29.1 Å². The van der Waals surface area contributed by atoms with Gasteiger partial charge in [-0.2, -0.15) is 0 Å².